The van der Waals surface area contributed by atoms with Gasteiger partial charge in [0, 0.05) is 24.7 Å². The molecule has 1 atom stereocenters. The maximum absolute atomic E-state index is 10.4. The van der Waals surface area contributed by atoms with Crippen molar-refractivity contribution in [2.75, 3.05) is 11.9 Å². The average Bonchev–Trinajstić information content (AvgIpc) is 2.15. The molecule has 16 heavy (non-hydrogen) atoms. The van der Waals surface area contributed by atoms with Gasteiger partial charge in [0.2, 0.25) is 0 Å². The van der Waals surface area contributed by atoms with Crippen LogP contribution in [0.3, 0.4) is 0 Å². The molecule has 0 aromatic heterocycles. The number of halogens is 2. The maximum atomic E-state index is 10.4. The third kappa shape index (κ3) is 4.22. The van der Waals surface area contributed by atoms with Gasteiger partial charge in [-0.3, -0.25) is 10.1 Å². The summed E-state index contributed by atoms with van der Waals surface area (Å²) in [6.07, 6.45) is 0. The van der Waals surface area contributed by atoms with E-state index in [0.717, 1.165) is 0 Å². The van der Waals surface area contributed by atoms with Crippen LogP contribution in [0.1, 0.15) is 6.92 Å². The first-order chi connectivity index (χ1) is 7.00. The Morgan fingerprint density at radius 2 is 2.25 bits per heavy atom. The minimum absolute atomic E-state index is 0. The Morgan fingerprint density at radius 1 is 1.62 bits per heavy atom. The molecule has 90 valence electrons. The van der Waals surface area contributed by atoms with Gasteiger partial charge in [-0.05, 0) is 13.0 Å². The number of nitrogens with zero attached hydrogens (tertiary/aromatic N) is 1. The fourth-order valence-corrected chi connectivity index (χ4v) is 1.27. The zero-order chi connectivity index (χ0) is 11.4. The van der Waals surface area contributed by atoms with Crippen LogP contribution in [0.4, 0.5) is 11.4 Å². The van der Waals surface area contributed by atoms with Crippen molar-refractivity contribution in [1.82, 2.24) is 0 Å². The summed E-state index contributed by atoms with van der Waals surface area (Å²) in [4.78, 5) is 9.95. The van der Waals surface area contributed by atoms with Crippen molar-refractivity contribution in [1.29, 1.82) is 0 Å². The molecule has 1 unspecified atom stereocenters. The van der Waals surface area contributed by atoms with E-state index in [0.29, 0.717) is 17.3 Å². The van der Waals surface area contributed by atoms with Crippen molar-refractivity contribution in [3.05, 3.63) is 33.3 Å². The Hall–Kier alpha value is -1.04. The monoisotopic (exact) mass is 265 g/mol. The molecule has 0 spiro atoms. The molecular weight excluding hydrogens is 253 g/mol. The summed E-state index contributed by atoms with van der Waals surface area (Å²) >= 11 is 5.85. The third-order valence-electron chi connectivity index (χ3n) is 1.78. The number of hydrogen-bond acceptors (Lipinski definition) is 4. The second kappa shape index (κ2) is 6.52. The predicted octanol–water partition coefficient (Wildman–Crippen LogP) is 2.43. The molecule has 0 aliphatic heterocycles. The molecule has 7 heteroatoms. The van der Waals surface area contributed by atoms with E-state index in [9.17, 15) is 10.1 Å². The molecule has 5 nitrogen and oxygen atoms in total. The molecule has 1 rings (SSSR count). The molecule has 0 saturated heterocycles. The van der Waals surface area contributed by atoms with Crippen molar-refractivity contribution in [2.24, 2.45) is 5.73 Å². The Bertz CT molecular complexity index is 372. The predicted molar refractivity (Wildman–Crippen MR) is 67.5 cm³/mol. The third-order valence-corrected chi connectivity index (χ3v) is 2.09. The van der Waals surface area contributed by atoms with Crippen LogP contribution < -0.4 is 11.1 Å². The highest BCUT2D eigenvalue weighted by molar-refractivity contribution is 6.33. The number of nitrogens with two attached hydrogens (primary N) is 1. The quantitative estimate of drug-likeness (QED) is 0.647. The Morgan fingerprint density at radius 3 is 2.69 bits per heavy atom. The number of rotatable bonds is 4. The van der Waals surface area contributed by atoms with E-state index >= 15 is 0 Å². The lowest BCUT2D eigenvalue weighted by Gasteiger charge is -2.10. The fourth-order valence-electron chi connectivity index (χ4n) is 1.03. The van der Waals surface area contributed by atoms with E-state index in [4.69, 9.17) is 17.3 Å². The molecule has 0 bridgehead atoms. The van der Waals surface area contributed by atoms with Gasteiger partial charge in [-0.15, -0.1) is 12.4 Å². The van der Waals surface area contributed by atoms with Crippen LogP contribution in [0.15, 0.2) is 18.2 Å². The van der Waals surface area contributed by atoms with Gasteiger partial charge in [0.05, 0.1) is 15.6 Å². The summed E-state index contributed by atoms with van der Waals surface area (Å²) in [5, 5.41) is 13.8. The number of anilines is 1. The first-order valence-corrected chi connectivity index (χ1v) is 4.82. The van der Waals surface area contributed by atoms with E-state index in [-0.39, 0.29) is 24.1 Å². The molecule has 0 radical (unpaired) electrons. The smallest absolute Gasteiger partial charge is 0.271 e. The van der Waals surface area contributed by atoms with Crippen LogP contribution in [0.25, 0.3) is 0 Å². The van der Waals surface area contributed by atoms with Crippen molar-refractivity contribution >= 4 is 35.4 Å². The van der Waals surface area contributed by atoms with Crippen LogP contribution >= 0.6 is 24.0 Å². The van der Waals surface area contributed by atoms with Crippen LogP contribution in [0.2, 0.25) is 5.02 Å². The van der Waals surface area contributed by atoms with Crippen molar-refractivity contribution in [3.63, 3.8) is 0 Å². The van der Waals surface area contributed by atoms with E-state index in [1.165, 1.54) is 12.1 Å². The minimum Gasteiger partial charge on any atom is -0.382 e. The van der Waals surface area contributed by atoms with E-state index in [1.54, 1.807) is 6.07 Å². The lowest BCUT2D eigenvalue weighted by molar-refractivity contribution is -0.384. The lowest BCUT2D eigenvalue weighted by atomic mass is 10.2. The first kappa shape index (κ1) is 15.0. The van der Waals surface area contributed by atoms with Crippen LogP contribution in [-0.4, -0.2) is 17.5 Å². The largest absolute Gasteiger partial charge is 0.382 e. The molecule has 0 saturated carbocycles. The van der Waals surface area contributed by atoms with E-state index in [1.807, 2.05) is 6.92 Å². The molecule has 0 amide bonds. The SMILES string of the molecule is CC(N)CNc1ccc([N+](=O)[O-])cc1Cl.Cl. The second-order valence-corrected chi connectivity index (χ2v) is 3.69. The highest BCUT2D eigenvalue weighted by Crippen LogP contribution is 2.26. The molecule has 0 heterocycles. The van der Waals surface area contributed by atoms with Gasteiger partial charge in [0.1, 0.15) is 0 Å². The summed E-state index contributed by atoms with van der Waals surface area (Å²) in [5.74, 6) is 0. The summed E-state index contributed by atoms with van der Waals surface area (Å²) in [6, 6.07) is 4.28. The molecule has 1 aromatic carbocycles. The van der Waals surface area contributed by atoms with Crippen molar-refractivity contribution < 1.29 is 4.92 Å². The fraction of sp³-hybridized carbons (Fsp3) is 0.333. The normalized spacial score (nSPS) is 11.4. The average molecular weight is 266 g/mol. The van der Waals surface area contributed by atoms with Crippen LogP contribution in [0, 0.1) is 10.1 Å². The van der Waals surface area contributed by atoms with Gasteiger partial charge < -0.3 is 11.1 Å². The summed E-state index contributed by atoms with van der Waals surface area (Å²) in [5.41, 5.74) is 6.19. The molecule has 0 fully saturated rings. The van der Waals surface area contributed by atoms with Gasteiger partial charge >= 0.3 is 0 Å². The number of nitro groups is 1. The maximum Gasteiger partial charge on any atom is 0.271 e. The minimum atomic E-state index is -0.485. The topological polar surface area (TPSA) is 81.2 Å². The summed E-state index contributed by atoms with van der Waals surface area (Å²) < 4.78 is 0. The molecule has 1 aromatic rings. The summed E-state index contributed by atoms with van der Waals surface area (Å²) in [7, 11) is 0. The number of non-ortho nitro benzene ring substituents is 1. The number of hydrogen-bond donors (Lipinski definition) is 2. The molecule has 3 N–H and O–H groups in total. The zero-order valence-electron chi connectivity index (χ0n) is 8.64. The van der Waals surface area contributed by atoms with Gasteiger partial charge in [-0.25, -0.2) is 0 Å². The van der Waals surface area contributed by atoms with E-state index in [2.05, 4.69) is 5.32 Å². The number of nitrogens with one attached hydrogen (secondary N) is 1. The summed E-state index contributed by atoms with van der Waals surface area (Å²) in [6.45, 7) is 2.42. The molecule has 0 aliphatic rings. The Balaban J connectivity index is 0.00000225. The van der Waals surface area contributed by atoms with Crippen molar-refractivity contribution in [2.45, 2.75) is 13.0 Å². The molecule has 0 aliphatic carbocycles. The highest BCUT2D eigenvalue weighted by Gasteiger charge is 2.09. The van der Waals surface area contributed by atoms with Gasteiger partial charge in [-0.1, -0.05) is 11.6 Å². The van der Waals surface area contributed by atoms with Gasteiger partial charge in [-0.2, -0.15) is 0 Å². The van der Waals surface area contributed by atoms with Crippen LogP contribution in [0.5, 0.6) is 0 Å². The van der Waals surface area contributed by atoms with E-state index < -0.39 is 4.92 Å². The second-order valence-electron chi connectivity index (χ2n) is 3.28. The van der Waals surface area contributed by atoms with Gasteiger partial charge in [0.25, 0.3) is 5.69 Å². The number of benzene rings is 1. The Labute approximate surface area is 105 Å². The number of nitro benzene ring substituents is 1. The zero-order valence-corrected chi connectivity index (χ0v) is 10.2. The Kier molecular flexibility index (Phi) is 6.10. The van der Waals surface area contributed by atoms with Crippen molar-refractivity contribution in [3.8, 4) is 0 Å². The van der Waals surface area contributed by atoms with Crippen LogP contribution in [-0.2, 0) is 0 Å². The molecular formula is C9H13Cl2N3O2. The highest BCUT2D eigenvalue weighted by atomic mass is 35.5. The first-order valence-electron chi connectivity index (χ1n) is 4.44. The standard InChI is InChI=1S/C9H12ClN3O2.ClH/c1-6(11)5-12-9-3-2-7(13(14)15)4-8(9)10;/h2-4,6,12H,5,11H2,1H3;1H. The lowest BCUT2D eigenvalue weighted by Crippen LogP contribution is -2.25. The van der Waals surface area contributed by atoms with Gasteiger partial charge in [0.15, 0.2) is 0 Å².